The minimum Gasteiger partial charge on any atom is -0.478 e. The first kappa shape index (κ1) is 15.8. The maximum Gasteiger partial charge on any atom is 0.338 e. The number of rotatable bonds is 3. The SMILES string of the molecule is CCC1CCCCN1C(=O)Nc1sc(C)c(C)c1C(=O)O. The molecule has 116 valence electrons. The third-order valence-corrected chi connectivity index (χ3v) is 5.30. The van der Waals surface area contributed by atoms with Crippen LogP contribution in [0.25, 0.3) is 0 Å². The quantitative estimate of drug-likeness (QED) is 0.890. The monoisotopic (exact) mass is 310 g/mol. The second-order valence-electron chi connectivity index (χ2n) is 5.47. The van der Waals surface area contributed by atoms with Crippen molar-refractivity contribution in [1.29, 1.82) is 0 Å². The number of carboxylic acids is 1. The summed E-state index contributed by atoms with van der Waals surface area (Å²) < 4.78 is 0. The molecule has 2 rings (SSSR count). The van der Waals surface area contributed by atoms with Crippen LogP contribution in [0.1, 0.15) is 53.4 Å². The number of aromatic carboxylic acids is 1. The average Bonchev–Trinajstić information content (AvgIpc) is 2.73. The fourth-order valence-electron chi connectivity index (χ4n) is 2.83. The Bertz CT molecular complexity index is 553. The molecule has 1 aromatic heterocycles. The number of likely N-dealkylation sites (tertiary alicyclic amines) is 1. The molecule has 1 saturated heterocycles. The lowest BCUT2D eigenvalue weighted by Crippen LogP contribution is -2.45. The van der Waals surface area contributed by atoms with Crippen LogP contribution >= 0.6 is 11.3 Å². The first-order chi connectivity index (χ1) is 9.95. The number of hydrogen-bond donors (Lipinski definition) is 2. The number of carboxylic acid groups (broad SMARTS) is 1. The molecule has 1 aliphatic rings. The number of carbonyl (C=O) groups excluding carboxylic acids is 1. The van der Waals surface area contributed by atoms with Crippen LogP contribution < -0.4 is 5.32 Å². The first-order valence-corrected chi connectivity index (χ1v) is 8.18. The van der Waals surface area contributed by atoms with Gasteiger partial charge in [0, 0.05) is 17.5 Å². The average molecular weight is 310 g/mol. The van der Waals surface area contributed by atoms with E-state index in [0.717, 1.165) is 42.7 Å². The summed E-state index contributed by atoms with van der Waals surface area (Å²) in [5, 5.41) is 12.6. The lowest BCUT2D eigenvalue weighted by atomic mass is 10.0. The van der Waals surface area contributed by atoms with E-state index in [0.29, 0.717) is 5.00 Å². The standard InChI is InChI=1S/C15H22N2O3S/c1-4-11-7-5-6-8-17(11)15(20)16-13-12(14(18)19)9(2)10(3)21-13/h11H,4-8H2,1-3H3,(H,16,20)(H,18,19). The molecule has 1 unspecified atom stereocenters. The molecule has 0 aliphatic carbocycles. The highest BCUT2D eigenvalue weighted by molar-refractivity contribution is 7.16. The molecule has 6 heteroatoms. The van der Waals surface area contributed by atoms with Crippen LogP contribution in [0.2, 0.25) is 0 Å². The summed E-state index contributed by atoms with van der Waals surface area (Å²) in [6.45, 7) is 6.48. The van der Waals surface area contributed by atoms with Crippen molar-refractivity contribution in [2.45, 2.75) is 52.5 Å². The fraction of sp³-hybridized carbons (Fsp3) is 0.600. The number of amides is 2. The van der Waals surface area contributed by atoms with Gasteiger partial charge >= 0.3 is 12.0 Å². The largest absolute Gasteiger partial charge is 0.478 e. The van der Waals surface area contributed by atoms with Crippen molar-refractivity contribution in [1.82, 2.24) is 4.90 Å². The number of nitrogens with one attached hydrogen (secondary N) is 1. The van der Waals surface area contributed by atoms with Crippen molar-refractivity contribution in [3.8, 4) is 0 Å². The van der Waals surface area contributed by atoms with Crippen LogP contribution in [-0.2, 0) is 0 Å². The van der Waals surface area contributed by atoms with Crippen LogP contribution in [0.3, 0.4) is 0 Å². The van der Waals surface area contributed by atoms with E-state index < -0.39 is 5.97 Å². The highest BCUT2D eigenvalue weighted by Gasteiger charge is 2.27. The van der Waals surface area contributed by atoms with Crippen LogP contribution in [0.15, 0.2) is 0 Å². The summed E-state index contributed by atoms with van der Waals surface area (Å²) >= 11 is 1.33. The van der Waals surface area contributed by atoms with Gasteiger partial charge in [-0.2, -0.15) is 0 Å². The van der Waals surface area contributed by atoms with Gasteiger partial charge in [0.1, 0.15) is 5.00 Å². The molecule has 0 radical (unpaired) electrons. The van der Waals surface area contributed by atoms with Crippen molar-refractivity contribution in [3.05, 3.63) is 16.0 Å². The number of piperidine rings is 1. The zero-order valence-electron chi connectivity index (χ0n) is 12.7. The third kappa shape index (κ3) is 3.20. The highest BCUT2D eigenvalue weighted by atomic mass is 32.1. The van der Waals surface area contributed by atoms with E-state index in [-0.39, 0.29) is 17.6 Å². The zero-order chi connectivity index (χ0) is 15.6. The van der Waals surface area contributed by atoms with E-state index in [1.165, 1.54) is 11.3 Å². The van der Waals surface area contributed by atoms with E-state index in [1.807, 2.05) is 11.8 Å². The van der Waals surface area contributed by atoms with E-state index in [2.05, 4.69) is 12.2 Å². The molecule has 1 aromatic rings. The molecule has 0 saturated carbocycles. The topological polar surface area (TPSA) is 69.6 Å². The van der Waals surface area contributed by atoms with Crippen molar-refractivity contribution in [2.75, 3.05) is 11.9 Å². The fourth-order valence-corrected chi connectivity index (χ4v) is 3.88. The Hall–Kier alpha value is -1.56. The van der Waals surface area contributed by atoms with E-state index in [1.54, 1.807) is 6.92 Å². The predicted octanol–water partition coefficient (Wildman–Crippen LogP) is 3.86. The molecule has 21 heavy (non-hydrogen) atoms. The lowest BCUT2D eigenvalue weighted by Gasteiger charge is -2.35. The van der Waals surface area contributed by atoms with Gasteiger partial charge in [-0.25, -0.2) is 9.59 Å². The van der Waals surface area contributed by atoms with Gasteiger partial charge < -0.3 is 10.0 Å². The maximum atomic E-state index is 12.5. The molecule has 2 heterocycles. The van der Waals surface area contributed by atoms with Gasteiger partial charge in [-0.3, -0.25) is 5.32 Å². The van der Waals surface area contributed by atoms with Gasteiger partial charge in [0.2, 0.25) is 0 Å². The summed E-state index contributed by atoms with van der Waals surface area (Å²) in [4.78, 5) is 26.6. The Kier molecular flexibility index (Phi) is 4.88. The van der Waals surface area contributed by atoms with Crippen LogP contribution in [0.4, 0.5) is 9.80 Å². The Balaban J connectivity index is 2.19. The summed E-state index contributed by atoms with van der Waals surface area (Å²) in [6, 6.07) is 0.0829. The van der Waals surface area contributed by atoms with Gasteiger partial charge in [-0.1, -0.05) is 6.92 Å². The number of carbonyl (C=O) groups is 2. The second-order valence-corrected chi connectivity index (χ2v) is 6.70. The third-order valence-electron chi connectivity index (χ3n) is 4.18. The number of aryl methyl sites for hydroxylation is 1. The Morgan fingerprint density at radius 2 is 2.10 bits per heavy atom. The molecule has 1 aliphatic heterocycles. The molecule has 1 fully saturated rings. The van der Waals surface area contributed by atoms with Crippen LogP contribution in [0, 0.1) is 13.8 Å². The maximum absolute atomic E-state index is 12.5. The van der Waals surface area contributed by atoms with Crippen molar-refractivity contribution in [2.24, 2.45) is 0 Å². The molecule has 0 aromatic carbocycles. The molecule has 5 nitrogen and oxygen atoms in total. The second kappa shape index (κ2) is 6.47. The zero-order valence-corrected chi connectivity index (χ0v) is 13.5. The van der Waals surface area contributed by atoms with Gasteiger partial charge in [0.15, 0.2) is 0 Å². The smallest absolute Gasteiger partial charge is 0.338 e. The number of anilines is 1. The van der Waals surface area contributed by atoms with Crippen molar-refractivity contribution < 1.29 is 14.7 Å². The van der Waals surface area contributed by atoms with Gasteiger partial charge in [0.25, 0.3) is 0 Å². The Morgan fingerprint density at radius 1 is 1.38 bits per heavy atom. The molecular weight excluding hydrogens is 288 g/mol. The van der Waals surface area contributed by atoms with Crippen LogP contribution in [0.5, 0.6) is 0 Å². The van der Waals surface area contributed by atoms with Crippen LogP contribution in [-0.4, -0.2) is 34.6 Å². The number of hydrogen-bond acceptors (Lipinski definition) is 3. The van der Waals surface area contributed by atoms with Gasteiger partial charge in [-0.15, -0.1) is 11.3 Å². The Labute approximate surface area is 129 Å². The molecule has 0 spiro atoms. The summed E-state index contributed by atoms with van der Waals surface area (Å²) in [6.07, 6.45) is 4.12. The molecule has 0 bridgehead atoms. The number of urea groups is 1. The number of nitrogens with zero attached hydrogens (tertiary/aromatic N) is 1. The minimum absolute atomic E-state index is 0.176. The molecular formula is C15H22N2O3S. The Morgan fingerprint density at radius 3 is 2.71 bits per heavy atom. The lowest BCUT2D eigenvalue weighted by molar-refractivity contribution is 0.0697. The predicted molar refractivity (Wildman–Crippen MR) is 84.4 cm³/mol. The molecule has 1 atom stereocenters. The summed E-state index contributed by atoms with van der Waals surface area (Å²) in [5.74, 6) is -0.988. The first-order valence-electron chi connectivity index (χ1n) is 7.36. The summed E-state index contributed by atoms with van der Waals surface area (Å²) in [7, 11) is 0. The van der Waals surface area contributed by atoms with Gasteiger partial charge in [0.05, 0.1) is 5.56 Å². The van der Waals surface area contributed by atoms with E-state index in [9.17, 15) is 14.7 Å². The van der Waals surface area contributed by atoms with E-state index >= 15 is 0 Å². The normalized spacial score (nSPS) is 18.6. The van der Waals surface area contributed by atoms with Gasteiger partial charge in [-0.05, 0) is 45.1 Å². The highest BCUT2D eigenvalue weighted by Crippen LogP contribution is 2.33. The number of thiophene rings is 1. The van der Waals surface area contributed by atoms with Crippen molar-refractivity contribution >= 4 is 28.3 Å². The summed E-state index contributed by atoms with van der Waals surface area (Å²) in [5.41, 5.74) is 0.949. The minimum atomic E-state index is -0.988. The van der Waals surface area contributed by atoms with E-state index in [4.69, 9.17) is 0 Å². The molecule has 2 amide bonds. The van der Waals surface area contributed by atoms with Crippen molar-refractivity contribution in [3.63, 3.8) is 0 Å². The molecule has 2 N–H and O–H groups in total.